The van der Waals surface area contributed by atoms with Crippen LogP contribution in [0.1, 0.15) is 11.1 Å². The molecule has 7 heteroatoms. The molecular weight excluding hydrogens is 252 g/mol. The van der Waals surface area contributed by atoms with Crippen LogP contribution in [0.3, 0.4) is 0 Å². The van der Waals surface area contributed by atoms with Crippen LogP contribution >= 0.6 is 0 Å². The zero-order valence-electron chi connectivity index (χ0n) is 9.13. The fourth-order valence-corrected chi connectivity index (χ4v) is 1.27. The molecule has 98 valence electrons. The molecule has 1 rings (SSSR count). The van der Waals surface area contributed by atoms with E-state index in [2.05, 4.69) is 5.32 Å². The molecule has 0 bridgehead atoms. The van der Waals surface area contributed by atoms with E-state index < -0.39 is 30.7 Å². The number of rotatable bonds is 5. The van der Waals surface area contributed by atoms with Gasteiger partial charge in [0.1, 0.15) is 17.7 Å². The molecule has 0 radical (unpaired) electrons. The lowest BCUT2D eigenvalue weighted by molar-refractivity contribution is -0.00346. The largest absolute Gasteiger partial charge is 0.386 e. The minimum absolute atomic E-state index is 0.165. The third-order valence-corrected chi connectivity index (χ3v) is 2.22. The smallest absolute Gasteiger partial charge is 0.265 e. The summed E-state index contributed by atoms with van der Waals surface area (Å²) in [7, 11) is 0. The number of nitrogens with one attached hydrogen (secondary N) is 1. The Bertz CT molecular complexity index is 436. The third kappa shape index (κ3) is 3.68. The predicted octanol–water partition coefficient (Wildman–Crippen LogP) is 1.55. The first-order valence-electron chi connectivity index (χ1n) is 5.00. The molecule has 2 N–H and O–H groups in total. The molecule has 0 amide bonds. The number of aliphatic hydroxyl groups is 1. The van der Waals surface area contributed by atoms with Crippen molar-refractivity contribution >= 4 is 0 Å². The van der Waals surface area contributed by atoms with Gasteiger partial charge in [0.2, 0.25) is 0 Å². The predicted molar refractivity (Wildman–Crippen MR) is 54.8 cm³/mol. The summed E-state index contributed by atoms with van der Waals surface area (Å²) in [6.45, 7) is -0.844. The first kappa shape index (κ1) is 14.4. The summed E-state index contributed by atoms with van der Waals surface area (Å²) in [5.74, 6) is -1.88. The second kappa shape index (κ2) is 6.33. The molecule has 0 aliphatic rings. The van der Waals surface area contributed by atoms with Crippen LogP contribution in [0.2, 0.25) is 0 Å². The van der Waals surface area contributed by atoms with Crippen LogP contribution in [0.4, 0.5) is 17.6 Å². The maximum Gasteiger partial charge on any atom is 0.265 e. The molecule has 18 heavy (non-hydrogen) atoms. The summed E-state index contributed by atoms with van der Waals surface area (Å²) in [5, 5.41) is 19.6. The van der Waals surface area contributed by atoms with Crippen LogP contribution in [0, 0.1) is 23.0 Å². The molecule has 1 aromatic rings. The van der Waals surface area contributed by atoms with Gasteiger partial charge in [-0.15, -0.1) is 0 Å². The summed E-state index contributed by atoms with van der Waals surface area (Å²) in [6, 6.07) is 3.29. The van der Waals surface area contributed by atoms with Crippen LogP contribution in [-0.2, 0) is 6.54 Å². The van der Waals surface area contributed by atoms with Crippen molar-refractivity contribution in [3.05, 3.63) is 34.9 Å². The Morgan fingerprint density at radius 2 is 1.83 bits per heavy atom. The van der Waals surface area contributed by atoms with Crippen LogP contribution in [0.15, 0.2) is 12.1 Å². The van der Waals surface area contributed by atoms with E-state index in [4.69, 9.17) is 10.4 Å². The van der Waals surface area contributed by atoms with Crippen molar-refractivity contribution in [2.24, 2.45) is 0 Å². The lowest BCUT2D eigenvalue weighted by Gasteiger charge is -2.11. The quantitative estimate of drug-likeness (QED) is 0.792. The minimum atomic E-state index is -2.92. The SMILES string of the molecule is N#Cc1cc(F)c(CNCC(O)C(F)F)c(F)c1. The molecule has 0 saturated heterocycles. The second-order valence-corrected chi connectivity index (χ2v) is 3.56. The lowest BCUT2D eigenvalue weighted by atomic mass is 10.1. The van der Waals surface area contributed by atoms with E-state index in [1.807, 2.05) is 0 Å². The Hall–Kier alpha value is -1.65. The summed E-state index contributed by atoms with van der Waals surface area (Å²) >= 11 is 0. The molecule has 3 nitrogen and oxygen atoms in total. The molecule has 0 saturated carbocycles. The summed E-state index contributed by atoms with van der Waals surface area (Å²) in [6.07, 6.45) is -4.82. The molecule has 0 heterocycles. The molecule has 0 spiro atoms. The number of hydrogen-bond acceptors (Lipinski definition) is 3. The maximum absolute atomic E-state index is 13.3. The first-order valence-corrected chi connectivity index (χ1v) is 5.00. The highest BCUT2D eigenvalue weighted by Gasteiger charge is 2.17. The maximum atomic E-state index is 13.3. The number of hydrogen-bond donors (Lipinski definition) is 2. The highest BCUT2D eigenvalue weighted by Crippen LogP contribution is 2.15. The van der Waals surface area contributed by atoms with Crippen molar-refractivity contribution < 1.29 is 22.7 Å². The van der Waals surface area contributed by atoms with Crippen LogP contribution in [0.25, 0.3) is 0 Å². The second-order valence-electron chi connectivity index (χ2n) is 3.56. The normalized spacial score (nSPS) is 12.5. The standard InChI is InChI=1S/C11H10F4N2O/c12-8-1-6(3-16)2-9(13)7(8)4-17-5-10(18)11(14)15/h1-2,10-11,17-18H,4-5H2. The fourth-order valence-electron chi connectivity index (χ4n) is 1.27. The van der Waals surface area contributed by atoms with Crippen LogP contribution in [-0.4, -0.2) is 24.2 Å². The highest BCUT2D eigenvalue weighted by atomic mass is 19.3. The average molecular weight is 262 g/mol. The highest BCUT2D eigenvalue weighted by molar-refractivity contribution is 5.34. The van der Waals surface area contributed by atoms with Gasteiger partial charge in [-0.05, 0) is 12.1 Å². The molecule has 0 fully saturated rings. The zero-order valence-corrected chi connectivity index (χ0v) is 9.13. The number of nitriles is 1. The van der Waals surface area contributed by atoms with Gasteiger partial charge in [-0.1, -0.05) is 0 Å². The lowest BCUT2D eigenvalue weighted by Crippen LogP contribution is -2.32. The van der Waals surface area contributed by atoms with Crippen LogP contribution in [0.5, 0.6) is 0 Å². The monoisotopic (exact) mass is 262 g/mol. The molecule has 1 atom stereocenters. The van der Waals surface area contributed by atoms with Gasteiger partial charge in [0.25, 0.3) is 6.43 Å². The van der Waals surface area contributed by atoms with Crippen molar-refractivity contribution in [2.75, 3.05) is 6.54 Å². The van der Waals surface area contributed by atoms with E-state index in [0.29, 0.717) is 0 Å². The van der Waals surface area contributed by atoms with E-state index in [9.17, 15) is 17.6 Å². The first-order chi connectivity index (χ1) is 8.45. The van der Waals surface area contributed by atoms with Crippen molar-refractivity contribution in [1.82, 2.24) is 5.32 Å². The van der Waals surface area contributed by atoms with E-state index in [1.165, 1.54) is 0 Å². The van der Waals surface area contributed by atoms with Gasteiger partial charge >= 0.3 is 0 Å². The number of benzene rings is 1. The van der Waals surface area contributed by atoms with E-state index in [-0.39, 0.29) is 17.7 Å². The molecule has 1 aromatic carbocycles. The van der Waals surface area contributed by atoms with E-state index in [0.717, 1.165) is 12.1 Å². The van der Waals surface area contributed by atoms with Crippen molar-refractivity contribution in [2.45, 2.75) is 19.1 Å². The Labute approximate surface area is 101 Å². The number of nitrogens with zero attached hydrogens (tertiary/aromatic N) is 1. The summed E-state index contributed by atoms with van der Waals surface area (Å²) < 4.78 is 50.6. The Kier molecular flexibility index (Phi) is 5.07. The van der Waals surface area contributed by atoms with Gasteiger partial charge in [0, 0.05) is 18.7 Å². The van der Waals surface area contributed by atoms with E-state index in [1.54, 1.807) is 6.07 Å². The number of alkyl halides is 2. The summed E-state index contributed by atoms with van der Waals surface area (Å²) in [5.41, 5.74) is -0.531. The topological polar surface area (TPSA) is 56.0 Å². The van der Waals surface area contributed by atoms with Gasteiger partial charge in [-0.25, -0.2) is 17.6 Å². The van der Waals surface area contributed by atoms with Gasteiger partial charge in [0.05, 0.1) is 11.6 Å². The van der Waals surface area contributed by atoms with Gasteiger partial charge in [-0.2, -0.15) is 5.26 Å². The van der Waals surface area contributed by atoms with E-state index >= 15 is 0 Å². The third-order valence-electron chi connectivity index (χ3n) is 2.22. The molecule has 0 aliphatic carbocycles. The zero-order chi connectivity index (χ0) is 13.7. The van der Waals surface area contributed by atoms with Gasteiger partial charge in [0.15, 0.2) is 0 Å². The van der Waals surface area contributed by atoms with Crippen LogP contribution < -0.4 is 5.32 Å². The minimum Gasteiger partial charge on any atom is -0.386 e. The Morgan fingerprint density at radius 3 is 2.28 bits per heavy atom. The van der Waals surface area contributed by atoms with Gasteiger partial charge in [-0.3, -0.25) is 0 Å². The average Bonchev–Trinajstić information content (AvgIpc) is 2.31. The molecule has 0 aliphatic heterocycles. The molecule has 0 aromatic heterocycles. The number of aliphatic hydroxyl groups excluding tert-OH is 1. The van der Waals surface area contributed by atoms with Crippen molar-refractivity contribution in [3.8, 4) is 6.07 Å². The summed E-state index contributed by atoms with van der Waals surface area (Å²) in [4.78, 5) is 0. The van der Waals surface area contributed by atoms with Gasteiger partial charge < -0.3 is 10.4 Å². The van der Waals surface area contributed by atoms with Crippen molar-refractivity contribution in [1.29, 1.82) is 5.26 Å². The van der Waals surface area contributed by atoms with Crippen molar-refractivity contribution in [3.63, 3.8) is 0 Å². The fraction of sp³-hybridized carbons (Fsp3) is 0.364. The Morgan fingerprint density at radius 1 is 1.28 bits per heavy atom. The Balaban J connectivity index is 2.66. The molecule has 1 unspecified atom stereocenters. The molecular formula is C11H10F4N2O. The number of halogens is 4.